The van der Waals surface area contributed by atoms with Crippen molar-refractivity contribution in [2.45, 2.75) is 24.7 Å². The Bertz CT molecular complexity index is 551. The van der Waals surface area contributed by atoms with Gasteiger partial charge in [-0.2, -0.15) is 0 Å². The van der Waals surface area contributed by atoms with Crippen LogP contribution < -0.4 is 10.6 Å². The van der Waals surface area contributed by atoms with E-state index in [0.717, 1.165) is 46.7 Å². The first-order chi connectivity index (χ1) is 9.07. The second-order valence-electron chi connectivity index (χ2n) is 5.33. The van der Waals surface area contributed by atoms with Crippen LogP contribution in [0.5, 0.6) is 0 Å². The molecule has 19 heavy (non-hydrogen) atoms. The first-order valence-electron chi connectivity index (χ1n) is 6.37. The minimum absolute atomic E-state index is 0.0413. The normalized spacial score (nSPS) is 28.3. The van der Waals surface area contributed by atoms with Gasteiger partial charge in [0.1, 0.15) is 5.82 Å². The molecule has 2 aliphatic rings. The lowest BCUT2D eigenvalue weighted by atomic mass is 9.80. The van der Waals surface area contributed by atoms with E-state index in [1.165, 1.54) is 0 Å². The fourth-order valence-corrected chi connectivity index (χ4v) is 4.01. The Morgan fingerprint density at radius 2 is 2.47 bits per heavy atom. The zero-order valence-electron chi connectivity index (χ0n) is 10.6. The molecule has 2 unspecified atom stereocenters. The summed E-state index contributed by atoms with van der Waals surface area (Å²) in [6.07, 6.45) is 4.44. The van der Waals surface area contributed by atoms with Crippen molar-refractivity contribution >= 4 is 39.3 Å². The van der Waals surface area contributed by atoms with Crippen LogP contribution in [-0.2, 0) is 10.2 Å². The molecule has 1 saturated carbocycles. The van der Waals surface area contributed by atoms with Crippen LogP contribution in [0.15, 0.2) is 10.7 Å². The van der Waals surface area contributed by atoms with Crippen molar-refractivity contribution in [2.75, 3.05) is 18.9 Å². The molecule has 2 N–H and O–H groups in total. The Kier molecular flexibility index (Phi) is 3.21. The van der Waals surface area contributed by atoms with Gasteiger partial charge < -0.3 is 10.6 Å². The molecule has 2 heterocycles. The molecule has 4 nitrogen and oxygen atoms in total. The summed E-state index contributed by atoms with van der Waals surface area (Å²) in [5, 5.41) is 6.81. The number of fused-ring (bicyclic) bond motifs is 2. The van der Waals surface area contributed by atoms with Crippen LogP contribution in [0, 0.1) is 5.92 Å². The molecule has 2 atom stereocenters. The number of amides is 1. The molecule has 1 aromatic rings. The Labute approximate surface area is 125 Å². The number of pyridine rings is 1. The van der Waals surface area contributed by atoms with Gasteiger partial charge in [-0.15, -0.1) is 0 Å². The fourth-order valence-electron chi connectivity index (χ4n) is 3.37. The minimum Gasteiger partial charge on any atom is -0.369 e. The van der Waals surface area contributed by atoms with Crippen molar-refractivity contribution < 1.29 is 4.79 Å². The molecular weight excluding hydrogens is 330 g/mol. The van der Waals surface area contributed by atoms with Gasteiger partial charge in [0.05, 0.1) is 9.50 Å². The molecule has 0 aromatic carbocycles. The van der Waals surface area contributed by atoms with Crippen LogP contribution in [-0.4, -0.2) is 24.5 Å². The van der Waals surface area contributed by atoms with Crippen molar-refractivity contribution in [3.8, 4) is 0 Å². The summed E-state index contributed by atoms with van der Waals surface area (Å²) in [6.45, 7) is 0.818. The lowest BCUT2D eigenvalue weighted by molar-refractivity contribution is -0.124. The number of aromatic nitrogens is 1. The summed E-state index contributed by atoms with van der Waals surface area (Å²) in [6, 6.07) is 0. The molecule has 1 fully saturated rings. The lowest BCUT2D eigenvalue weighted by Crippen LogP contribution is -2.30. The van der Waals surface area contributed by atoms with Crippen molar-refractivity contribution in [2.24, 2.45) is 5.92 Å². The summed E-state index contributed by atoms with van der Waals surface area (Å²) >= 11 is 9.88. The third-order valence-electron chi connectivity index (χ3n) is 4.32. The third-order valence-corrected chi connectivity index (χ3v) is 5.55. The molecule has 1 aromatic heterocycles. The van der Waals surface area contributed by atoms with Crippen LogP contribution in [0.25, 0.3) is 0 Å². The minimum atomic E-state index is -0.0413. The molecule has 0 saturated heterocycles. The van der Waals surface area contributed by atoms with E-state index in [-0.39, 0.29) is 17.2 Å². The molecule has 3 rings (SSSR count). The SMILES string of the molecule is CNC(=O)C1CCC2(CNc3ncc(Br)c(Cl)c32)C1. The van der Waals surface area contributed by atoms with Gasteiger partial charge in [0, 0.05) is 36.7 Å². The van der Waals surface area contributed by atoms with E-state index in [1.807, 2.05) is 0 Å². The molecule has 0 bridgehead atoms. The number of hydrogen-bond acceptors (Lipinski definition) is 3. The van der Waals surface area contributed by atoms with Gasteiger partial charge in [0.15, 0.2) is 0 Å². The summed E-state index contributed by atoms with van der Waals surface area (Å²) in [5.41, 5.74) is 1.04. The highest BCUT2D eigenvalue weighted by molar-refractivity contribution is 9.10. The molecule has 1 aliphatic carbocycles. The highest BCUT2D eigenvalue weighted by Crippen LogP contribution is 2.52. The first kappa shape index (κ1) is 13.2. The second-order valence-corrected chi connectivity index (χ2v) is 6.56. The van der Waals surface area contributed by atoms with Crippen LogP contribution in [0.1, 0.15) is 24.8 Å². The largest absolute Gasteiger partial charge is 0.369 e. The summed E-state index contributed by atoms with van der Waals surface area (Å²) < 4.78 is 0.819. The van der Waals surface area contributed by atoms with Crippen LogP contribution in [0.2, 0.25) is 5.02 Å². The maximum atomic E-state index is 11.8. The number of hydrogen-bond donors (Lipinski definition) is 2. The maximum Gasteiger partial charge on any atom is 0.222 e. The summed E-state index contributed by atoms with van der Waals surface area (Å²) in [7, 11) is 1.69. The van der Waals surface area contributed by atoms with E-state index in [4.69, 9.17) is 11.6 Å². The number of nitrogens with one attached hydrogen (secondary N) is 2. The monoisotopic (exact) mass is 343 g/mol. The van der Waals surface area contributed by atoms with Crippen LogP contribution in [0.4, 0.5) is 5.82 Å². The Morgan fingerprint density at radius 3 is 3.21 bits per heavy atom. The van der Waals surface area contributed by atoms with E-state index in [0.29, 0.717) is 0 Å². The number of carbonyl (C=O) groups is 1. The van der Waals surface area contributed by atoms with E-state index in [2.05, 4.69) is 31.5 Å². The quantitative estimate of drug-likeness (QED) is 0.823. The van der Waals surface area contributed by atoms with Crippen LogP contribution >= 0.6 is 27.5 Å². The molecule has 1 spiro atoms. The second kappa shape index (κ2) is 4.63. The fraction of sp³-hybridized carbons (Fsp3) is 0.538. The van der Waals surface area contributed by atoms with Gasteiger partial charge in [-0.05, 0) is 35.2 Å². The predicted octanol–water partition coefficient (Wildman–Crippen LogP) is 2.71. The highest BCUT2D eigenvalue weighted by atomic mass is 79.9. The average molecular weight is 345 g/mol. The summed E-state index contributed by atoms with van der Waals surface area (Å²) in [4.78, 5) is 16.2. The van der Waals surface area contributed by atoms with Gasteiger partial charge in [-0.1, -0.05) is 11.6 Å². The average Bonchev–Trinajstić information content (AvgIpc) is 3.00. The number of halogens is 2. The van der Waals surface area contributed by atoms with Gasteiger partial charge in [0.2, 0.25) is 5.91 Å². The maximum absolute atomic E-state index is 11.8. The Morgan fingerprint density at radius 1 is 1.68 bits per heavy atom. The zero-order valence-corrected chi connectivity index (χ0v) is 12.9. The number of rotatable bonds is 1. The highest BCUT2D eigenvalue weighted by Gasteiger charge is 2.48. The Balaban J connectivity index is 1.99. The number of nitrogens with zero attached hydrogens (tertiary/aromatic N) is 1. The van der Waals surface area contributed by atoms with Crippen molar-refractivity contribution in [1.29, 1.82) is 0 Å². The standard InChI is InChI=1S/C13H15BrClN3O/c1-16-12(19)7-2-3-13(4-7)6-18-11-9(13)10(15)8(14)5-17-11/h5,7H,2-4,6H2,1H3,(H,16,19)(H,17,18). The van der Waals surface area contributed by atoms with Gasteiger partial charge in [-0.3, -0.25) is 4.79 Å². The molecule has 6 heteroatoms. The van der Waals surface area contributed by atoms with Crippen molar-refractivity contribution in [3.05, 3.63) is 21.3 Å². The topological polar surface area (TPSA) is 54.0 Å². The lowest BCUT2D eigenvalue weighted by Gasteiger charge is -2.24. The smallest absolute Gasteiger partial charge is 0.222 e. The molecule has 102 valence electrons. The number of carbonyl (C=O) groups excluding carboxylic acids is 1. The Hall–Kier alpha value is -0.810. The molecule has 1 amide bonds. The van der Waals surface area contributed by atoms with Crippen molar-refractivity contribution in [1.82, 2.24) is 10.3 Å². The predicted molar refractivity (Wildman–Crippen MR) is 78.5 cm³/mol. The molecule has 0 radical (unpaired) electrons. The molecular formula is C13H15BrClN3O. The van der Waals surface area contributed by atoms with Crippen LogP contribution in [0.3, 0.4) is 0 Å². The van der Waals surface area contributed by atoms with E-state index in [1.54, 1.807) is 13.2 Å². The van der Waals surface area contributed by atoms with E-state index < -0.39 is 0 Å². The summed E-state index contributed by atoms with van der Waals surface area (Å²) in [5.74, 6) is 1.07. The first-order valence-corrected chi connectivity index (χ1v) is 7.54. The third kappa shape index (κ3) is 1.94. The van der Waals surface area contributed by atoms with Gasteiger partial charge in [-0.25, -0.2) is 4.98 Å². The van der Waals surface area contributed by atoms with E-state index in [9.17, 15) is 4.79 Å². The number of anilines is 1. The zero-order chi connectivity index (χ0) is 13.6. The van der Waals surface area contributed by atoms with Crippen molar-refractivity contribution in [3.63, 3.8) is 0 Å². The van der Waals surface area contributed by atoms with E-state index >= 15 is 0 Å². The van der Waals surface area contributed by atoms with Gasteiger partial charge in [0.25, 0.3) is 0 Å². The van der Waals surface area contributed by atoms with Gasteiger partial charge >= 0.3 is 0 Å². The molecule has 1 aliphatic heterocycles.